The topological polar surface area (TPSA) is 0 Å². The Hall–Kier alpha value is -1.80. The Morgan fingerprint density at radius 3 is 1.21 bits per heavy atom. The van der Waals surface area contributed by atoms with Gasteiger partial charge in [-0.15, -0.1) is 0 Å². The molecule has 1 aliphatic rings. The second kappa shape index (κ2) is 12.6. The van der Waals surface area contributed by atoms with Crippen LogP contribution in [-0.2, 0) is 25.9 Å². The van der Waals surface area contributed by atoms with Crippen LogP contribution in [0.2, 0.25) is 0 Å². The predicted molar refractivity (Wildman–Crippen MR) is 145 cm³/mol. The van der Waals surface area contributed by atoms with Gasteiger partial charge in [-0.05, 0) is 0 Å². The number of aryl methyl sites for hydroxylation is 6. The molecule has 0 saturated carbocycles. The van der Waals surface area contributed by atoms with E-state index in [2.05, 4.69) is 147 Å². The third-order valence-electron chi connectivity index (χ3n) is 7.33. The SMILES string of the molecule is Cc1cc(C)cc(C(C2=Cc3ccccc3[CH]2[Ti+3])(c2cc(C)cc(C)c2)c2cc(C)cc(C)c2)c1.[Cl-].[Cl-].[Cl-]. The van der Waals surface area contributed by atoms with Crippen LogP contribution in [0.3, 0.4) is 0 Å². The van der Waals surface area contributed by atoms with Gasteiger partial charge in [0, 0.05) is 0 Å². The summed E-state index contributed by atoms with van der Waals surface area (Å²) in [6.07, 6.45) is 2.48. The summed E-state index contributed by atoms with van der Waals surface area (Å²) in [5.41, 5.74) is 15.8. The van der Waals surface area contributed by atoms with Crippen LogP contribution in [0.15, 0.2) is 84.4 Å². The van der Waals surface area contributed by atoms with Crippen molar-refractivity contribution >= 4 is 6.08 Å². The van der Waals surface area contributed by atoms with Crippen molar-refractivity contribution < 1.29 is 57.7 Å². The Balaban J connectivity index is 0.00000169. The molecule has 4 aromatic rings. The molecule has 5 rings (SSSR count). The Morgan fingerprint density at radius 2 is 0.868 bits per heavy atom. The Kier molecular flexibility index (Phi) is 10.7. The fourth-order valence-electron chi connectivity index (χ4n) is 6.22. The van der Waals surface area contributed by atoms with E-state index in [9.17, 15) is 0 Å². The quantitative estimate of drug-likeness (QED) is 0.222. The zero-order valence-corrected chi connectivity index (χ0v) is 26.6. The fourth-order valence-corrected chi connectivity index (χ4v) is 7.10. The van der Waals surface area contributed by atoms with E-state index in [0.717, 1.165) is 0 Å². The second-order valence-electron chi connectivity index (χ2n) is 10.5. The van der Waals surface area contributed by atoms with Crippen LogP contribution >= 0.6 is 0 Å². The van der Waals surface area contributed by atoms with Gasteiger partial charge in [-0.3, -0.25) is 0 Å². The number of allylic oxidation sites excluding steroid dienone is 1. The Labute approximate surface area is 259 Å². The van der Waals surface area contributed by atoms with Crippen LogP contribution in [0.1, 0.15) is 65.4 Å². The molecule has 0 aromatic heterocycles. The van der Waals surface area contributed by atoms with Crippen LogP contribution in [0, 0.1) is 41.5 Å². The largest absolute Gasteiger partial charge is 1.00 e. The van der Waals surface area contributed by atoms with Gasteiger partial charge in [0.1, 0.15) is 0 Å². The maximum absolute atomic E-state index is 2.48. The molecule has 1 unspecified atom stereocenters. The third kappa shape index (κ3) is 5.72. The van der Waals surface area contributed by atoms with Gasteiger partial charge in [0.2, 0.25) is 0 Å². The van der Waals surface area contributed by atoms with Gasteiger partial charge in [0.15, 0.2) is 0 Å². The van der Waals surface area contributed by atoms with Crippen LogP contribution in [0.4, 0.5) is 0 Å². The second-order valence-corrected chi connectivity index (χ2v) is 11.4. The van der Waals surface area contributed by atoms with Crippen molar-refractivity contribution in [3.05, 3.63) is 146 Å². The van der Waals surface area contributed by atoms with Crippen molar-refractivity contribution in [1.29, 1.82) is 0 Å². The monoisotopic (exact) mass is 594 g/mol. The molecule has 0 amide bonds. The standard InChI is InChI=1S/C34H33.3ClH.Ti/c1-22-11-23(2)15-30(14-22)34(31-16-24(3)12-25(4)17-31,32-18-26(5)13-27(6)19-32)33-20-28-9-7-8-10-29(28)21-33;;;;/h7-21H,1-6H3;3*1H;/q;;;;+3/p-3. The van der Waals surface area contributed by atoms with E-state index in [1.165, 1.54) is 66.8 Å². The third-order valence-corrected chi connectivity index (χ3v) is 8.30. The van der Waals surface area contributed by atoms with Crippen molar-refractivity contribution in [1.82, 2.24) is 0 Å². The van der Waals surface area contributed by atoms with Crippen LogP contribution < -0.4 is 37.2 Å². The van der Waals surface area contributed by atoms with Crippen molar-refractivity contribution in [3.63, 3.8) is 0 Å². The van der Waals surface area contributed by atoms with Gasteiger partial charge in [-0.2, -0.15) is 0 Å². The van der Waals surface area contributed by atoms with Gasteiger partial charge in [-0.1, -0.05) is 0 Å². The molecule has 0 heterocycles. The molecule has 1 atom stereocenters. The summed E-state index contributed by atoms with van der Waals surface area (Å²) in [6, 6.07) is 30.3. The number of hydrogen-bond acceptors (Lipinski definition) is 0. The summed E-state index contributed by atoms with van der Waals surface area (Å²) in [5.74, 6) is 0. The molecule has 0 fully saturated rings. The normalized spacial score (nSPS) is 14.0. The van der Waals surface area contributed by atoms with Crippen molar-refractivity contribution in [3.8, 4) is 0 Å². The summed E-state index contributed by atoms with van der Waals surface area (Å²) in [4.78, 5) is 0. The molecule has 0 nitrogen and oxygen atoms in total. The molecule has 0 aliphatic heterocycles. The van der Waals surface area contributed by atoms with Crippen LogP contribution in [0.25, 0.3) is 6.08 Å². The summed E-state index contributed by atoms with van der Waals surface area (Å²) in [7, 11) is 0. The Bertz CT molecular complexity index is 1300. The number of hydrogen-bond donors (Lipinski definition) is 0. The summed E-state index contributed by atoms with van der Waals surface area (Å²) in [5, 5.41) is 0. The first-order chi connectivity index (χ1) is 16.7. The first-order valence-corrected chi connectivity index (χ1v) is 13.4. The molecule has 4 aromatic carbocycles. The van der Waals surface area contributed by atoms with Gasteiger partial charge < -0.3 is 37.2 Å². The summed E-state index contributed by atoms with van der Waals surface area (Å²) < 4.78 is 0.314. The molecule has 0 radical (unpaired) electrons. The van der Waals surface area contributed by atoms with Crippen molar-refractivity contribution in [2.75, 3.05) is 0 Å². The van der Waals surface area contributed by atoms with E-state index in [1.807, 2.05) is 0 Å². The number of rotatable bonds is 4. The van der Waals surface area contributed by atoms with E-state index in [0.29, 0.717) is 4.22 Å². The average Bonchev–Trinajstić information content (AvgIpc) is 3.09. The molecule has 0 saturated heterocycles. The number of benzene rings is 4. The molecular formula is C34H33Cl3Ti. The zero-order valence-electron chi connectivity index (χ0n) is 22.8. The molecule has 0 N–H and O–H groups in total. The number of fused-ring (bicyclic) bond motifs is 1. The Morgan fingerprint density at radius 1 is 0.526 bits per heavy atom. The van der Waals surface area contributed by atoms with Crippen molar-refractivity contribution in [2.45, 2.75) is 51.2 Å². The van der Waals surface area contributed by atoms with Crippen LogP contribution in [-0.4, -0.2) is 0 Å². The maximum Gasteiger partial charge on any atom is -1.00 e. The summed E-state index contributed by atoms with van der Waals surface area (Å²) >= 11 is 2.39. The fraction of sp³-hybridized carbons (Fsp3) is 0.235. The molecule has 4 heteroatoms. The van der Waals surface area contributed by atoms with Gasteiger partial charge in [-0.25, -0.2) is 0 Å². The molecule has 38 heavy (non-hydrogen) atoms. The smallest absolute Gasteiger partial charge is 1.00 e. The van der Waals surface area contributed by atoms with E-state index in [4.69, 9.17) is 0 Å². The average molecular weight is 596 g/mol. The van der Waals surface area contributed by atoms with Crippen LogP contribution in [0.5, 0.6) is 0 Å². The summed E-state index contributed by atoms with van der Waals surface area (Å²) in [6.45, 7) is 13.4. The van der Waals surface area contributed by atoms with E-state index >= 15 is 0 Å². The zero-order chi connectivity index (χ0) is 24.9. The molecule has 0 spiro atoms. The van der Waals surface area contributed by atoms with Gasteiger partial charge in [0.25, 0.3) is 0 Å². The molecular weight excluding hydrogens is 563 g/mol. The van der Waals surface area contributed by atoms with E-state index in [-0.39, 0.29) is 42.6 Å². The van der Waals surface area contributed by atoms with Crippen molar-refractivity contribution in [2.24, 2.45) is 0 Å². The minimum absolute atomic E-state index is 0. The van der Waals surface area contributed by atoms with Gasteiger partial charge in [0.05, 0.1) is 0 Å². The van der Waals surface area contributed by atoms with E-state index in [1.54, 1.807) is 0 Å². The molecule has 0 bridgehead atoms. The first kappa shape index (κ1) is 32.4. The predicted octanol–water partition coefficient (Wildman–Crippen LogP) is -0.431. The maximum atomic E-state index is 2.48. The molecule has 1 aliphatic carbocycles. The minimum Gasteiger partial charge on any atom is -1.00 e. The van der Waals surface area contributed by atoms with Gasteiger partial charge >= 0.3 is 223 Å². The first-order valence-electron chi connectivity index (χ1n) is 12.5. The van der Waals surface area contributed by atoms with E-state index < -0.39 is 0 Å². The molecule has 194 valence electrons. The number of halogens is 3. The minimum atomic E-state index is -0.386.